The second-order valence-electron chi connectivity index (χ2n) is 8.55. The second kappa shape index (κ2) is 9.69. The van der Waals surface area contributed by atoms with Gasteiger partial charge in [0.1, 0.15) is 5.65 Å². The van der Waals surface area contributed by atoms with Crippen LogP contribution in [0.15, 0.2) is 73.3 Å². The summed E-state index contributed by atoms with van der Waals surface area (Å²) in [6.07, 6.45) is 4.94. The number of aliphatic hydroxyl groups is 2. The van der Waals surface area contributed by atoms with Crippen LogP contribution in [0.25, 0.3) is 11.3 Å². The van der Waals surface area contributed by atoms with Crippen molar-refractivity contribution in [2.75, 3.05) is 6.54 Å². The van der Waals surface area contributed by atoms with E-state index in [0.717, 1.165) is 23.3 Å². The summed E-state index contributed by atoms with van der Waals surface area (Å²) >= 11 is 0. The maximum Gasteiger partial charge on any atom is 0.255 e. The minimum Gasteiger partial charge on any atom is -0.380 e. The van der Waals surface area contributed by atoms with Gasteiger partial charge in [-0.3, -0.25) is 9.59 Å². The first-order chi connectivity index (χ1) is 17.0. The van der Waals surface area contributed by atoms with Crippen molar-refractivity contribution in [3.05, 3.63) is 84.6 Å². The van der Waals surface area contributed by atoms with Crippen LogP contribution >= 0.6 is 0 Å². The molecule has 4 aromatic rings. The highest BCUT2D eigenvalue weighted by molar-refractivity contribution is 5.91. The van der Waals surface area contributed by atoms with Gasteiger partial charge in [-0.15, -0.1) is 0 Å². The molecule has 1 fully saturated rings. The summed E-state index contributed by atoms with van der Waals surface area (Å²) in [5.41, 5.74) is 3.15. The Labute approximate surface area is 201 Å². The lowest BCUT2D eigenvalue weighted by Gasteiger charge is -2.27. The molecule has 3 N–H and O–H groups in total. The average molecular weight is 475 g/mol. The third-order valence-corrected chi connectivity index (χ3v) is 6.25. The maximum absolute atomic E-state index is 13.0. The first-order valence-electron chi connectivity index (χ1n) is 11.5. The number of carbonyl (C=O) groups is 2. The first kappa shape index (κ1) is 22.8. The predicted molar refractivity (Wildman–Crippen MR) is 126 cm³/mol. The molecule has 35 heavy (non-hydrogen) atoms. The Kier molecular flexibility index (Phi) is 6.30. The Balaban J connectivity index is 1.20. The Bertz CT molecular complexity index is 1280. The van der Waals surface area contributed by atoms with Crippen molar-refractivity contribution in [1.82, 2.24) is 29.4 Å². The van der Waals surface area contributed by atoms with Crippen molar-refractivity contribution in [2.24, 2.45) is 0 Å². The lowest BCUT2D eigenvalue weighted by Crippen LogP contribution is -2.50. The predicted octanol–water partition coefficient (Wildman–Crippen LogP) is 1.22. The second-order valence-corrected chi connectivity index (χ2v) is 8.55. The molecule has 0 aliphatic carbocycles. The number of aromatic nitrogens is 4. The van der Waals surface area contributed by atoms with E-state index in [2.05, 4.69) is 15.4 Å². The fraction of sp³-hybridized carbons (Fsp3) is 0.280. The molecule has 3 aromatic heterocycles. The Morgan fingerprint density at radius 2 is 1.89 bits per heavy atom. The van der Waals surface area contributed by atoms with E-state index < -0.39 is 24.0 Å². The maximum atomic E-state index is 13.0. The average Bonchev–Trinajstić information content (AvgIpc) is 3.66. The molecular formula is C25H26N6O4. The van der Waals surface area contributed by atoms with E-state index >= 15 is 0 Å². The van der Waals surface area contributed by atoms with Crippen molar-refractivity contribution in [2.45, 2.75) is 37.6 Å². The molecule has 180 valence electrons. The number of pyridine rings is 1. The number of rotatable bonds is 7. The molecule has 5 rings (SSSR count). The van der Waals surface area contributed by atoms with Crippen LogP contribution in [0.2, 0.25) is 0 Å². The highest BCUT2D eigenvalue weighted by Gasteiger charge is 2.39. The molecule has 4 heterocycles. The van der Waals surface area contributed by atoms with E-state index in [0.29, 0.717) is 18.7 Å². The number of nitrogens with one attached hydrogen (secondary N) is 1. The fourth-order valence-electron chi connectivity index (χ4n) is 4.38. The largest absolute Gasteiger partial charge is 0.380 e. The quantitative estimate of drug-likeness (QED) is 0.370. The zero-order valence-electron chi connectivity index (χ0n) is 18.9. The third-order valence-electron chi connectivity index (χ3n) is 6.25. The van der Waals surface area contributed by atoms with Gasteiger partial charge in [0, 0.05) is 37.9 Å². The minimum atomic E-state index is -1.88. The monoisotopic (exact) mass is 474 g/mol. The van der Waals surface area contributed by atoms with Gasteiger partial charge in [0.25, 0.3) is 11.8 Å². The number of imidazole rings is 1. The lowest BCUT2D eigenvalue weighted by atomic mass is 10.1. The van der Waals surface area contributed by atoms with Crippen molar-refractivity contribution in [1.29, 1.82) is 0 Å². The minimum absolute atomic E-state index is 0.143. The number of hydrogen-bond donors (Lipinski definition) is 3. The molecule has 1 aromatic carbocycles. The Morgan fingerprint density at radius 3 is 2.63 bits per heavy atom. The summed E-state index contributed by atoms with van der Waals surface area (Å²) in [6, 6.07) is 14.5. The molecule has 0 bridgehead atoms. The molecule has 3 atom stereocenters. The van der Waals surface area contributed by atoms with Gasteiger partial charge in [-0.1, -0.05) is 18.2 Å². The van der Waals surface area contributed by atoms with Crippen molar-refractivity contribution < 1.29 is 19.8 Å². The van der Waals surface area contributed by atoms with Gasteiger partial charge in [0.05, 0.1) is 17.4 Å². The highest BCUT2D eigenvalue weighted by Crippen LogP contribution is 2.32. The van der Waals surface area contributed by atoms with Crippen LogP contribution in [0.1, 0.15) is 30.1 Å². The van der Waals surface area contributed by atoms with E-state index in [9.17, 15) is 19.8 Å². The number of amides is 2. The van der Waals surface area contributed by atoms with E-state index in [1.807, 2.05) is 71.5 Å². The Morgan fingerprint density at radius 1 is 1.06 bits per heavy atom. The van der Waals surface area contributed by atoms with Gasteiger partial charge in [0.2, 0.25) is 0 Å². The molecule has 0 spiro atoms. The molecule has 0 radical (unpaired) electrons. The molecule has 0 saturated carbocycles. The first-order valence-corrected chi connectivity index (χ1v) is 11.5. The van der Waals surface area contributed by atoms with Gasteiger partial charge >= 0.3 is 0 Å². The van der Waals surface area contributed by atoms with E-state index in [1.54, 1.807) is 10.9 Å². The van der Waals surface area contributed by atoms with Crippen LogP contribution < -0.4 is 5.32 Å². The molecule has 1 aliphatic heterocycles. The zero-order valence-corrected chi connectivity index (χ0v) is 18.9. The molecule has 1 aliphatic rings. The molecule has 1 unspecified atom stereocenters. The molecule has 2 amide bonds. The van der Waals surface area contributed by atoms with Gasteiger partial charge in [-0.05, 0) is 48.7 Å². The van der Waals surface area contributed by atoms with Crippen LogP contribution in [-0.4, -0.2) is 64.8 Å². The fourth-order valence-corrected chi connectivity index (χ4v) is 4.38. The van der Waals surface area contributed by atoms with Gasteiger partial charge < -0.3 is 24.8 Å². The van der Waals surface area contributed by atoms with E-state index in [4.69, 9.17) is 0 Å². The summed E-state index contributed by atoms with van der Waals surface area (Å²) < 4.78 is 3.59. The van der Waals surface area contributed by atoms with Crippen molar-refractivity contribution in [3.63, 3.8) is 0 Å². The van der Waals surface area contributed by atoms with Crippen LogP contribution in [0.4, 0.5) is 0 Å². The van der Waals surface area contributed by atoms with Crippen molar-refractivity contribution in [3.8, 4) is 5.69 Å². The van der Waals surface area contributed by atoms with E-state index in [1.165, 1.54) is 4.90 Å². The number of carbonyl (C=O) groups excluding carboxylic acids is 2. The van der Waals surface area contributed by atoms with Gasteiger partial charge in [0.15, 0.2) is 12.2 Å². The number of hydrogen-bond acceptors (Lipinski definition) is 6. The third kappa shape index (κ3) is 4.66. The SMILES string of the molecule is O=C(NCc1ccc(-n2cccn2)cc1)[C@H](O)[C@@H](O)C(=O)N1CCCC1c1cn2ccccc2n1. The number of fused-ring (bicyclic) bond motifs is 1. The summed E-state index contributed by atoms with van der Waals surface area (Å²) in [4.78, 5) is 31.6. The highest BCUT2D eigenvalue weighted by atomic mass is 16.3. The number of aliphatic hydroxyl groups excluding tert-OH is 2. The van der Waals surface area contributed by atoms with Gasteiger partial charge in [-0.2, -0.15) is 5.10 Å². The standard InChI is InChI=1S/C25H26N6O4/c32-22(24(34)26-15-17-7-9-18(10-8-17)31-14-4-11-27-31)23(33)25(35)30-13-3-5-20(30)19-16-29-12-2-1-6-21(29)28-19/h1-2,4,6-12,14,16,20,22-23,32-33H,3,5,13,15H2,(H,26,34)/t20?,22-,23-/m1/s1. The molecule has 10 heteroatoms. The van der Waals surface area contributed by atoms with Crippen LogP contribution in [0.5, 0.6) is 0 Å². The smallest absolute Gasteiger partial charge is 0.255 e. The topological polar surface area (TPSA) is 125 Å². The molecule has 10 nitrogen and oxygen atoms in total. The van der Waals surface area contributed by atoms with Crippen LogP contribution in [0.3, 0.4) is 0 Å². The normalized spacial score (nSPS) is 17.4. The number of likely N-dealkylation sites (tertiary alicyclic amines) is 1. The van der Waals surface area contributed by atoms with Crippen LogP contribution in [-0.2, 0) is 16.1 Å². The Hall–Kier alpha value is -4.02. The van der Waals surface area contributed by atoms with Crippen LogP contribution in [0, 0.1) is 0 Å². The summed E-state index contributed by atoms with van der Waals surface area (Å²) in [5.74, 6) is -1.50. The summed E-state index contributed by atoms with van der Waals surface area (Å²) in [6.45, 7) is 0.565. The van der Waals surface area contributed by atoms with Gasteiger partial charge in [-0.25, -0.2) is 9.67 Å². The molecular weight excluding hydrogens is 448 g/mol. The summed E-state index contributed by atoms with van der Waals surface area (Å²) in [7, 11) is 0. The van der Waals surface area contributed by atoms with Crippen molar-refractivity contribution >= 4 is 17.5 Å². The molecule has 1 saturated heterocycles. The zero-order chi connectivity index (χ0) is 24.4. The lowest BCUT2D eigenvalue weighted by molar-refractivity contribution is -0.153. The summed E-state index contributed by atoms with van der Waals surface area (Å²) in [5, 5.41) is 27.7. The number of nitrogens with zero attached hydrogens (tertiary/aromatic N) is 5. The number of benzene rings is 1. The van der Waals surface area contributed by atoms with E-state index in [-0.39, 0.29) is 12.6 Å².